The molecule has 0 bridgehead atoms. The molecular formula is C17H21F2N3O2. The SMILES string of the molecule is CC(C)n1cnc(C(=O)NCC(CO)Cc2ccc(F)c(F)c2)c1. The summed E-state index contributed by atoms with van der Waals surface area (Å²) in [7, 11) is 0. The number of carbonyl (C=O) groups is 1. The minimum atomic E-state index is -0.924. The number of hydrogen-bond acceptors (Lipinski definition) is 3. The Hall–Kier alpha value is -2.28. The third-order valence-corrected chi connectivity index (χ3v) is 3.75. The molecule has 0 saturated heterocycles. The first-order valence-corrected chi connectivity index (χ1v) is 7.77. The van der Waals surface area contributed by atoms with E-state index in [0.29, 0.717) is 17.7 Å². The molecule has 0 fully saturated rings. The number of nitrogens with one attached hydrogen (secondary N) is 1. The number of nitrogens with zero attached hydrogens (tertiary/aromatic N) is 2. The highest BCUT2D eigenvalue weighted by molar-refractivity contribution is 5.92. The molecule has 0 radical (unpaired) electrons. The van der Waals surface area contributed by atoms with Crippen LogP contribution in [0.5, 0.6) is 0 Å². The van der Waals surface area contributed by atoms with Crippen LogP contribution in [0.2, 0.25) is 0 Å². The van der Waals surface area contributed by atoms with Crippen LogP contribution in [0.1, 0.15) is 35.9 Å². The van der Waals surface area contributed by atoms with Crippen LogP contribution in [-0.2, 0) is 6.42 Å². The number of aromatic nitrogens is 2. The molecule has 0 saturated carbocycles. The van der Waals surface area contributed by atoms with Crippen LogP contribution >= 0.6 is 0 Å². The Labute approximate surface area is 139 Å². The normalized spacial score (nSPS) is 12.4. The van der Waals surface area contributed by atoms with Crippen LogP contribution in [0.15, 0.2) is 30.7 Å². The minimum Gasteiger partial charge on any atom is -0.396 e. The first-order valence-electron chi connectivity index (χ1n) is 7.77. The van der Waals surface area contributed by atoms with E-state index in [0.717, 1.165) is 12.1 Å². The van der Waals surface area contributed by atoms with Gasteiger partial charge in [-0.2, -0.15) is 0 Å². The van der Waals surface area contributed by atoms with Crippen LogP contribution in [0.25, 0.3) is 0 Å². The molecule has 5 nitrogen and oxygen atoms in total. The fourth-order valence-corrected chi connectivity index (χ4v) is 2.27. The van der Waals surface area contributed by atoms with E-state index < -0.39 is 11.6 Å². The van der Waals surface area contributed by atoms with E-state index in [1.165, 1.54) is 6.07 Å². The molecule has 24 heavy (non-hydrogen) atoms. The summed E-state index contributed by atoms with van der Waals surface area (Å²) in [6.07, 6.45) is 3.57. The molecule has 0 aliphatic rings. The Morgan fingerprint density at radius 2 is 2.08 bits per heavy atom. The van der Waals surface area contributed by atoms with Crippen LogP contribution in [0, 0.1) is 17.6 Å². The lowest BCUT2D eigenvalue weighted by Gasteiger charge is -2.15. The molecule has 1 unspecified atom stereocenters. The zero-order valence-corrected chi connectivity index (χ0v) is 13.7. The van der Waals surface area contributed by atoms with E-state index in [4.69, 9.17) is 0 Å². The molecule has 1 heterocycles. The van der Waals surface area contributed by atoms with Gasteiger partial charge in [0.15, 0.2) is 11.6 Å². The average molecular weight is 337 g/mol. The molecule has 7 heteroatoms. The van der Waals surface area contributed by atoms with Crippen molar-refractivity contribution in [2.24, 2.45) is 5.92 Å². The topological polar surface area (TPSA) is 67.2 Å². The molecule has 0 aliphatic carbocycles. The van der Waals surface area contributed by atoms with Crippen LogP contribution in [0.3, 0.4) is 0 Å². The number of benzene rings is 1. The smallest absolute Gasteiger partial charge is 0.271 e. The maximum absolute atomic E-state index is 13.2. The first kappa shape index (κ1) is 18.1. The average Bonchev–Trinajstić information content (AvgIpc) is 3.04. The molecular weight excluding hydrogens is 316 g/mol. The van der Waals surface area contributed by atoms with Crippen LogP contribution in [-0.4, -0.2) is 33.7 Å². The number of imidazole rings is 1. The predicted molar refractivity (Wildman–Crippen MR) is 85.6 cm³/mol. The summed E-state index contributed by atoms with van der Waals surface area (Å²) in [5.41, 5.74) is 0.861. The third kappa shape index (κ3) is 4.61. The van der Waals surface area contributed by atoms with Crippen molar-refractivity contribution in [2.75, 3.05) is 13.2 Å². The summed E-state index contributed by atoms with van der Waals surface area (Å²) in [5, 5.41) is 12.1. The zero-order chi connectivity index (χ0) is 17.7. The summed E-state index contributed by atoms with van der Waals surface area (Å²) < 4.78 is 28.0. The van der Waals surface area contributed by atoms with E-state index in [1.54, 1.807) is 12.5 Å². The fourth-order valence-electron chi connectivity index (χ4n) is 2.27. The van der Waals surface area contributed by atoms with E-state index in [1.807, 2.05) is 18.4 Å². The molecule has 1 atom stereocenters. The zero-order valence-electron chi connectivity index (χ0n) is 13.7. The third-order valence-electron chi connectivity index (χ3n) is 3.75. The van der Waals surface area contributed by atoms with Gasteiger partial charge in [0, 0.05) is 31.3 Å². The molecule has 1 amide bonds. The highest BCUT2D eigenvalue weighted by Crippen LogP contribution is 2.13. The standard InChI is InChI=1S/C17H21F2N3O2/c1-11(2)22-8-16(21-10-22)17(24)20-7-13(9-23)5-12-3-4-14(18)15(19)6-12/h3-4,6,8,10-11,13,23H,5,7,9H2,1-2H3,(H,20,24). The second kappa shape index (κ2) is 8.01. The van der Waals surface area contributed by atoms with Crippen molar-refractivity contribution in [3.8, 4) is 0 Å². The molecule has 2 rings (SSSR count). The van der Waals surface area contributed by atoms with Crippen molar-refractivity contribution in [3.63, 3.8) is 0 Å². The minimum absolute atomic E-state index is 0.181. The molecule has 2 aromatic rings. The Kier molecular flexibility index (Phi) is 6.03. The molecule has 1 aromatic heterocycles. The Morgan fingerprint density at radius 1 is 1.33 bits per heavy atom. The lowest BCUT2D eigenvalue weighted by atomic mass is 10.00. The summed E-state index contributed by atoms with van der Waals surface area (Å²) >= 11 is 0. The number of rotatable bonds is 7. The van der Waals surface area contributed by atoms with Gasteiger partial charge in [0.2, 0.25) is 0 Å². The second-order valence-electron chi connectivity index (χ2n) is 6.01. The van der Waals surface area contributed by atoms with Gasteiger partial charge >= 0.3 is 0 Å². The van der Waals surface area contributed by atoms with Gasteiger partial charge in [-0.15, -0.1) is 0 Å². The van der Waals surface area contributed by atoms with Crippen LogP contribution in [0.4, 0.5) is 8.78 Å². The van der Waals surface area contributed by atoms with Crippen molar-refractivity contribution >= 4 is 5.91 Å². The molecule has 1 aromatic carbocycles. The van der Waals surface area contributed by atoms with E-state index in [9.17, 15) is 18.7 Å². The van der Waals surface area contributed by atoms with Gasteiger partial charge in [-0.3, -0.25) is 4.79 Å². The van der Waals surface area contributed by atoms with Crippen molar-refractivity contribution < 1.29 is 18.7 Å². The van der Waals surface area contributed by atoms with Gasteiger partial charge in [0.25, 0.3) is 5.91 Å². The number of carbonyl (C=O) groups excluding carboxylic acids is 1. The largest absolute Gasteiger partial charge is 0.396 e. The molecule has 130 valence electrons. The number of hydrogen-bond donors (Lipinski definition) is 2. The number of halogens is 2. The maximum atomic E-state index is 13.2. The maximum Gasteiger partial charge on any atom is 0.271 e. The van der Waals surface area contributed by atoms with Gasteiger partial charge in [-0.25, -0.2) is 13.8 Å². The highest BCUT2D eigenvalue weighted by Gasteiger charge is 2.15. The summed E-state index contributed by atoms with van der Waals surface area (Å²) in [5.74, 6) is -2.47. The number of aliphatic hydroxyl groups is 1. The van der Waals surface area contributed by atoms with Gasteiger partial charge in [0.05, 0.1) is 6.33 Å². The van der Waals surface area contributed by atoms with Gasteiger partial charge in [-0.05, 0) is 38.0 Å². The molecule has 0 spiro atoms. The monoisotopic (exact) mass is 337 g/mol. The van der Waals surface area contributed by atoms with Gasteiger partial charge < -0.3 is 15.0 Å². The number of amides is 1. The first-order chi connectivity index (χ1) is 11.4. The van der Waals surface area contributed by atoms with E-state index >= 15 is 0 Å². The van der Waals surface area contributed by atoms with Gasteiger partial charge in [-0.1, -0.05) is 6.07 Å². The summed E-state index contributed by atoms with van der Waals surface area (Å²) in [4.78, 5) is 16.1. The molecule has 2 N–H and O–H groups in total. The lowest BCUT2D eigenvalue weighted by Crippen LogP contribution is -2.32. The Balaban J connectivity index is 1.92. The van der Waals surface area contributed by atoms with Crippen molar-refractivity contribution in [1.29, 1.82) is 0 Å². The van der Waals surface area contributed by atoms with Crippen molar-refractivity contribution in [3.05, 3.63) is 53.6 Å². The summed E-state index contributed by atoms with van der Waals surface area (Å²) in [6, 6.07) is 3.82. The van der Waals surface area contributed by atoms with Gasteiger partial charge in [0.1, 0.15) is 5.69 Å². The quantitative estimate of drug-likeness (QED) is 0.815. The highest BCUT2D eigenvalue weighted by atomic mass is 19.2. The Bertz CT molecular complexity index is 701. The summed E-state index contributed by atoms with van der Waals surface area (Å²) in [6.45, 7) is 3.99. The van der Waals surface area contributed by atoms with E-state index in [2.05, 4.69) is 10.3 Å². The van der Waals surface area contributed by atoms with E-state index in [-0.39, 0.29) is 31.0 Å². The van der Waals surface area contributed by atoms with Crippen molar-refractivity contribution in [1.82, 2.24) is 14.9 Å². The van der Waals surface area contributed by atoms with Crippen molar-refractivity contribution in [2.45, 2.75) is 26.3 Å². The fraction of sp³-hybridized carbons (Fsp3) is 0.412. The Morgan fingerprint density at radius 3 is 2.67 bits per heavy atom. The number of aliphatic hydroxyl groups excluding tert-OH is 1. The lowest BCUT2D eigenvalue weighted by molar-refractivity contribution is 0.0935. The second-order valence-corrected chi connectivity index (χ2v) is 6.01. The predicted octanol–water partition coefficient (Wildman–Crippen LogP) is 2.32. The van der Waals surface area contributed by atoms with Crippen LogP contribution < -0.4 is 5.32 Å². The molecule has 0 aliphatic heterocycles.